The lowest BCUT2D eigenvalue weighted by Crippen LogP contribution is -2.74. The molecule has 0 aliphatic carbocycles. The molecule has 0 saturated carbocycles. The van der Waals surface area contributed by atoms with Gasteiger partial charge in [-0.15, -0.1) is 0 Å². The Morgan fingerprint density at radius 3 is 1.38 bits per heavy atom. The highest BCUT2D eigenvalue weighted by atomic mass is 28.3. The van der Waals surface area contributed by atoms with Crippen LogP contribution in [0.2, 0.25) is 0 Å². The van der Waals surface area contributed by atoms with Gasteiger partial charge in [-0.3, -0.25) is 0 Å². The second-order valence-corrected chi connectivity index (χ2v) is 20.1. The Labute approximate surface area is 381 Å². The largest absolute Gasteiger partial charge is 0.416 e. The molecule has 4 nitrogen and oxygen atoms in total. The lowest BCUT2D eigenvalue weighted by atomic mass is 9.98. The Kier molecular flexibility index (Phi) is 10.3. The van der Waals surface area contributed by atoms with Crippen LogP contribution in [0, 0.1) is 0 Å². The van der Waals surface area contributed by atoms with Crippen molar-refractivity contribution in [2.75, 3.05) is 0 Å². The minimum atomic E-state index is -4.53. The van der Waals surface area contributed by atoms with Crippen LogP contribution in [0.15, 0.2) is 237 Å². The van der Waals surface area contributed by atoms with E-state index in [1.54, 1.807) is 6.07 Å². The molecule has 0 unspecified atom stereocenters. The molecule has 316 valence electrons. The number of nitrogens with zero attached hydrogens (tertiary/aromatic N) is 4. The van der Waals surface area contributed by atoms with E-state index in [2.05, 4.69) is 121 Å². The molecule has 0 aliphatic rings. The quantitative estimate of drug-likeness (QED) is 0.107. The molecule has 0 amide bonds. The van der Waals surface area contributed by atoms with Gasteiger partial charge in [0.2, 0.25) is 0 Å². The molecule has 0 aliphatic heterocycles. The first-order valence-corrected chi connectivity index (χ1v) is 23.8. The predicted molar refractivity (Wildman–Crippen MR) is 265 cm³/mol. The van der Waals surface area contributed by atoms with E-state index in [0.717, 1.165) is 44.6 Å². The summed E-state index contributed by atoms with van der Waals surface area (Å²) >= 11 is 0. The molecule has 0 N–H and O–H groups in total. The van der Waals surface area contributed by atoms with Crippen molar-refractivity contribution in [3.05, 3.63) is 242 Å². The van der Waals surface area contributed by atoms with Crippen molar-refractivity contribution >= 4 is 50.6 Å². The Morgan fingerprint density at radius 1 is 0.348 bits per heavy atom. The second-order valence-electron chi connectivity index (χ2n) is 16.3. The van der Waals surface area contributed by atoms with Crippen LogP contribution in [0.4, 0.5) is 13.2 Å². The van der Waals surface area contributed by atoms with Crippen molar-refractivity contribution in [3.8, 4) is 51.0 Å². The summed E-state index contributed by atoms with van der Waals surface area (Å²) in [5.41, 5.74) is 5.33. The number of halogens is 3. The summed E-state index contributed by atoms with van der Waals surface area (Å²) in [4.78, 5) is 15.5. The maximum absolute atomic E-state index is 14.4. The van der Waals surface area contributed by atoms with Crippen molar-refractivity contribution in [1.29, 1.82) is 0 Å². The third kappa shape index (κ3) is 7.18. The fraction of sp³-hybridized carbons (Fsp3) is 0.0172. The molecule has 0 fully saturated rings. The summed E-state index contributed by atoms with van der Waals surface area (Å²) in [6.45, 7) is 0. The molecule has 11 rings (SSSR count). The third-order valence-electron chi connectivity index (χ3n) is 12.4. The van der Waals surface area contributed by atoms with Crippen LogP contribution in [-0.4, -0.2) is 27.6 Å². The highest BCUT2D eigenvalue weighted by Crippen LogP contribution is 2.40. The monoisotopic (exact) mass is 876 g/mol. The summed E-state index contributed by atoms with van der Waals surface area (Å²) in [6, 6.07) is 78.6. The zero-order valence-corrected chi connectivity index (χ0v) is 36.4. The molecule has 0 radical (unpaired) electrons. The van der Waals surface area contributed by atoms with Gasteiger partial charge in [-0.1, -0.05) is 206 Å². The van der Waals surface area contributed by atoms with Gasteiger partial charge in [-0.2, -0.15) is 13.2 Å². The van der Waals surface area contributed by atoms with Gasteiger partial charge in [0.25, 0.3) is 0 Å². The van der Waals surface area contributed by atoms with Gasteiger partial charge in [0.05, 0.1) is 16.6 Å². The zero-order valence-electron chi connectivity index (χ0n) is 35.4. The second kappa shape index (κ2) is 16.7. The maximum atomic E-state index is 14.4. The highest BCUT2D eigenvalue weighted by Gasteiger charge is 2.41. The number of para-hydroxylation sites is 1. The van der Waals surface area contributed by atoms with Crippen molar-refractivity contribution in [3.63, 3.8) is 0 Å². The molecule has 2 heterocycles. The van der Waals surface area contributed by atoms with E-state index < -0.39 is 19.8 Å². The average Bonchev–Trinajstić information content (AvgIpc) is 3.71. The molecular formula is C58H39F3N4Si. The number of rotatable bonds is 9. The van der Waals surface area contributed by atoms with E-state index in [9.17, 15) is 13.2 Å². The molecule has 8 heteroatoms. The summed E-state index contributed by atoms with van der Waals surface area (Å²) < 4.78 is 45.1. The first kappa shape index (κ1) is 40.6. The Morgan fingerprint density at radius 2 is 0.818 bits per heavy atom. The third-order valence-corrected chi connectivity index (χ3v) is 17.2. The maximum Gasteiger partial charge on any atom is 0.416 e. The van der Waals surface area contributed by atoms with Crippen LogP contribution in [0.1, 0.15) is 5.56 Å². The summed E-state index contributed by atoms with van der Waals surface area (Å²) in [5.74, 6) is 1.43. The Balaban J connectivity index is 1.21. The molecule has 11 aromatic rings. The van der Waals surface area contributed by atoms with Crippen LogP contribution in [0.5, 0.6) is 0 Å². The molecule has 9 aromatic carbocycles. The number of aromatic nitrogens is 4. The van der Waals surface area contributed by atoms with Crippen LogP contribution in [-0.2, 0) is 6.18 Å². The molecule has 0 saturated heterocycles. The topological polar surface area (TPSA) is 43.6 Å². The smallest absolute Gasteiger partial charge is 0.309 e. The van der Waals surface area contributed by atoms with E-state index in [1.807, 2.05) is 102 Å². The predicted octanol–water partition coefficient (Wildman–Crippen LogP) is 12.0. The first-order chi connectivity index (χ1) is 32.4. The zero-order chi connectivity index (χ0) is 44.7. The minimum Gasteiger partial charge on any atom is -0.309 e. The van der Waals surface area contributed by atoms with Crippen LogP contribution >= 0.6 is 0 Å². The van der Waals surface area contributed by atoms with E-state index >= 15 is 0 Å². The summed E-state index contributed by atoms with van der Waals surface area (Å²) in [7, 11) is -2.94. The number of benzene rings is 9. The Hall–Kier alpha value is -8.20. The number of hydrogen-bond donors (Lipinski definition) is 0. The number of fused-ring (bicyclic) bond motifs is 3. The Bertz CT molecular complexity index is 3350. The molecule has 0 bridgehead atoms. The fourth-order valence-electron chi connectivity index (χ4n) is 9.45. The van der Waals surface area contributed by atoms with Gasteiger partial charge < -0.3 is 4.57 Å². The van der Waals surface area contributed by atoms with E-state index in [1.165, 1.54) is 26.8 Å². The van der Waals surface area contributed by atoms with Gasteiger partial charge in [0.1, 0.15) is 0 Å². The van der Waals surface area contributed by atoms with Gasteiger partial charge in [-0.25, -0.2) is 15.0 Å². The number of hydrogen-bond acceptors (Lipinski definition) is 3. The fourth-order valence-corrected chi connectivity index (χ4v) is 14.2. The highest BCUT2D eigenvalue weighted by molar-refractivity contribution is 7.19. The standard InChI is InChI=1S/C58H39F3N4Si/c59-58(60,61)43-33-35-51-50-31-16-17-32-53(50)65(54(51)38-43)44-34-36-49(52(39-44)57-63-55(40-19-6-1-7-20-40)62-56(64-57)41-21-8-2-9-22-41)42-23-18-30-48(37-42)66(45-24-10-3-11-25-45,46-26-12-4-13-27-46)47-28-14-5-15-29-47/h1-39H. The van der Waals surface area contributed by atoms with Gasteiger partial charge in [0, 0.05) is 33.2 Å². The minimum absolute atomic E-state index is 0.430. The lowest BCUT2D eigenvalue weighted by molar-refractivity contribution is -0.137. The van der Waals surface area contributed by atoms with Gasteiger partial charge in [0.15, 0.2) is 25.5 Å². The first-order valence-electron chi connectivity index (χ1n) is 21.8. The SMILES string of the molecule is FC(F)(F)c1ccc2c3ccccc3n(-c3ccc(-c4cccc([Si](c5ccccc5)(c5ccccc5)c5ccccc5)c4)c(-c4nc(-c5ccccc5)nc(-c5ccccc5)n4)c3)c2c1. The van der Waals surface area contributed by atoms with E-state index in [0.29, 0.717) is 34.2 Å². The van der Waals surface area contributed by atoms with Crippen LogP contribution in [0.3, 0.4) is 0 Å². The molecule has 66 heavy (non-hydrogen) atoms. The normalized spacial score (nSPS) is 11.9. The van der Waals surface area contributed by atoms with Crippen LogP contribution < -0.4 is 20.7 Å². The van der Waals surface area contributed by atoms with E-state index in [-0.39, 0.29) is 0 Å². The number of alkyl halides is 3. The van der Waals surface area contributed by atoms with Gasteiger partial charge in [-0.05, 0) is 62.2 Å². The van der Waals surface area contributed by atoms with Crippen molar-refractivity contribution in [2.45, 2.75) is 6.18 Å². The van der Waals surface area contributed by atoms with Crippen molar-refractivity contribution in [1.82, 2.24) is 19.5 Å². The van der Waals surface area contributed by atoms with Crippen molar-refractivity contribution in [2.24, 2.45) is 0 Å². The van der Waals surface area contributed by atoms with Crippen LogP contribution in [0.25, 0.3) is 72.8 Å². The average molecular weight is 877 g/mol. The molecular weight excluding hydrogens is 838 g/mol. The lowest BCUT2D eigenvalue weighted by Gasteiger charge is -2.34. The molecule has 2 aromatic heterocycles. The summed E-state index contributed by atoms with van der Waals surface area (Å²) in [5, 5.41) is 6.50. The molecule has 0 atom stereocenters. The van der Waals surface area contributed by atoms with Crippen molar-refractivity contribution < 1.29 is 13.2 Å². The molecule has 0 spiro atoms. The summed E-state index contributed by atoms with van der Waals surface area (Å²) in [6.07, 6.45) is -4.53. The van der Waals surface area contributed by atoms with E-state index in [4.69, 9.17) is 15.0 Å². The van der Waals surface area contributed by atoms with Gasteiger partial charge >= 0.3 is 6.18 Å².